The summed E-state index contributed by atoms with van der Waals surface area (Å²) in [4.78, 5) is 22.9. The van der Waals surface area contributed by atoms with E-state index in [9.17, 15) is 9.90 Å². The average Bonchev–Trinajstić information content (AvgIpc) is 3.10. The first-order valence-electron chi connectivity index (χ1n) is 8.52. The van der Waals surface area contributed by atoms with Gasteiger partial charge in [0.05, 0.1) is 18.2 Å². The number of hydrogen-bond acceptors (Lipinski definition) is 7. The van der Waals surface area contributed by atoms with E-state index in [2.05, 4.69) is 25.3 Å². The molecule has 0 bridgehead atoms. The molecule has 0 aliphatic carbocycles. The Morgan fingerprint density at radius 1 is 1.40 bits per heavy atom. The lowest BCUT2D eigenvalue weighted by Crippen LogP contribution is -2.36. The molecule has 8 nitrogen and oxygen atoms in total. The van der Waals surface area contributed by atoms with Crippen LogP contribution in [-0.2, 0) is 6.54 Å². The summed E-state index contributed by atoms with van der Waals surface area (Å²) in [5.74, 6) is 1.76. The van der Waals surface area contributed by atoms with Crippen molar-refractivity contribution in [3.63, 3.8) is 0 Å². The van der Waals surface area contributed by atoms with Crippen LogP contribution in [0.1, 0.15) is 54.7 Å². The third-order valence-electron chi connectivity index (χ3n) is 4.18. The molecule has 8 heteroatoms. The van der Waals surface area contributed by atoms with Crippen LogP contribution in [-0.4, -0.2) is 45.3 Å². The summed E-state index contributed by atoms with van der Waals surface area (Å²) in [7, 11) is 0. The zero-order chi connectivity index (χ0) is 17.8. The van der Waals surface area contributed by atoms with Gasteiger partial charge in [-0.3, -0.25) is 4.79 Å². The van der Waals surface area contributed by atoms with Gasteiger partial charge in [0.25, 0.3) is 5.91 Å². The van der Waals surface area contributed by atoms with Gasteiger partial charge in [-0.1, -0.05) is 19.0 Å². The summed E-state index contributed by atoms with van der Waals surface area (Å²) in [5.41, 5.74) is 0.480. The van der Waals surface area contributed by atoms with E-state index in [1.807, 2.05) is 19.9 Å². The van der Waals surface area contributed by atoms with E-state index in [1.54, 1.807) is 12.3 Å². The van der Waals surface area contributed by atoms with Gasteiger partial charge >= 0.3 is 0 Å². The number of amides is 1. The highest BCUT2D eigenvalue weighted by Crippen LogP contribution is 2.18. The van der Waals surface area contributed by atoms with Crippen LogP contribution in [0.15, 0.2) is 22.9 Å². The highest BCUT2D eigenvalue weighted by Gasteiger charge is 2.18. The number of carbonyl (C=O) groups is 1. The molecule has 0 atom stereocenters. The van der Waals surface area contributed by atoms with E-state index < -0.39 is 0 Å². The van der Waals surface area contributed by atoms with Crippen molar-refractivity contribution in [2.24, 2.45) is 0 Å². The number of anilines is 1. The van der Waals surface area contributed by atoms with Crippen LogP contribution in [0, 0.1) is 0 Å². The van der Waals surface area contributed by atoms with Crippen LogP contribution < -0.4 is 10.2 Å². The largest absolute Gasteiger partial charge is 0.393 e. The minimum Gasteiger partial charge on any atom is -0.393 e. The molecule has 1 saturated heterocycles. The number of pyridine rings is 1. The number of carbonyl (C=O) groups excluding carboxylic acids is 1. The number of piperidine rings is 1. The van der Waals surface area contributed by atoms with Crippen molar-refractivity contribution in [1.82, 2.24) is 20.4 Å². The number of rotatable bonds is 5. The van der Waals surface area contributed by atoms with Gasteiger partial charge in [0.1, 0.15) is 5.82 Å². The molecular weight excluding hydrogens is 322 g/mol. The summed E-state index contributed by atoms with van der Waals surface area (Å²) >= 11 is 0. The number of aliphatic hydroxyl groups is 1. The summed E-state index contributed by atoms with van der Waals surface area (Å²) in [5, 5.41) is 16.2. The van der Waals surface area contributed by atoms with Gasteiger partial charge in [-0.05, 0) is 25.0 Å². The van der Waals surface area contributed by atoms with E-state index in [0.29, 0.717) is 17.3 Å². The van der Waals surface area contributed by atoms with E-state index in [0.717, 1.165) is 31.7 Å². The molecule has 25 heavy (non-hydrogen) atoms. The number of nitrogens with one attached hydrogen (secondary N) is 1. The Balaban J connectivity index is 1.55. The average molecular weight is 345 g/mol. The van der Waals surface area contributed by atoms with E-state index >= 15 is 0 Å². The Kier molecular flexibility index (Phi) is 5.28. The molecule has 0 unspecified atom stereocenters. The fourth-order valence-corrected chi connectivity index (χ4v) is 2.64. The molecule has 3 heterocycles. The summed E-state index contributed by atoms with van der Waals surface area (Å²) in [6.07, 6.45) is 2.83. The summed E-state index contributed by atoms with van der Waals surface area (Å²) in [6, 6.07) is 3.58. The first kappa shape index (κ1) is 17.3. The smallest absolute Gasteiger partial charge is 0.253 e. The zero-order valence-corrected chi connectivity index (χ0v) is 14.5. The first-order valence-corrected chi connectivity index (χ1v) is 8.52. The van der Waals surface area contributed by atoms with Gasteiger partial charge in [0.15, 0.2) is 5.82 Å². The third-order valence-corrected chi connectivity index (χ3v) is 4.18. The second kappa shape index (κ2) is 7.60. The quantitative estimate of drug-likeness (QED) is 0.845. The lowest BCUT2D eigenvalue weighted by molar-refractivity contribution is 0.0949. The predicted molar refractivity (Wildman–Crippen MR) is 91.2 cm³/mol. The Bertz CT molecular complexity index is 705. The third kappa shape index (κ3) is 4.33. The molecule has 134 valence electrons. The van der Waals surface area contributed by atoms with E-state index in [-0.39, 0.29) is 24.5 Å². The van der Waals surface area contributed by atoms with Crippen LogP contribution in [0.2, 0.25) is 0 Å². The first-order chi connectivity index (χ1) is 12.0. The molecule has 1 aliphatic rings. The molecule has 2 aromatic rings. The molecule has 1 aliphatic heterocycles. The molecular formula is C17H23N5O3. The fraction of sp³-hybridized carbons (Fsp3) is 0.529. The molecule has 0 aromatic carbocycles. The van der Waals surface area contributed by atoms with Crippen LogP contribution in [0.5, 0.6) is 0 Å². The summed E-state index contributed by atoms with van der Waals surface area (Å²) < 4.78 is 5.11. The lowest BCUT2D eigenvalue weighted by Gasteiger charge is -2.30. The van der Waals surface area contributed by atoms with E-state index in [4.69, 9.17) is 4.52 Å². The standard InChI is InChI=1S/C17H23N5O3/c1-11(2)17-20-14(21-25-17)10-19-16(24)12-3-4-15(18-9-12)22-7-5-13(23)6-8-22/h3-4,9,11,13,23H,5-8,10H2,1-2H3,(H,19,24). The molecule has 2 N–H and O–H groups in total. The predicted octanol–water partition coefficient (Wildman–Crippen LogP) is 1.48. The maximum absolute atomic E-state index is 12.2. The monoisotopic (exact) mass is 345 g/mol. The Morgan fingerprint density at radius 2 is 2.16 bits per heavy atom. The molecule has 0 spiro atoms. The van der Waals surface area contributed by atoms with Crippen molar-refractivity contribution in [2.45, 2.75) is 45.3 Å². The minimum absolute atomic E-state index is 0.157. The number of hydrogen-bond donors (Lipinski definition) is 2. The Morgan fingerprint density at radius 3 is 2.76 bits per heavy atom. The van der Waals surface area contributed by atoms with E-state index in [1.165, 1.54) is 0 Å². The van der Waals surface area contributed by atoms with Gasteiger partial charge in [-0.25, -0.2) is 4.98 Å². The van der Waals surface area contributed by atoms with Gasteiger partial charge in [-0.15, -0.1) is 0 Å². The number of aromatic nitrogens is 3. The van der Waals surface area contributed by atoms with Crippen LogP contribution in [0.25, 0.3) is 0 Å². The van der Waals surface area contributed by atoms with Crippen molar-refractivity contribution >= 4 is 11.7 Å². The maximum Gasteiger partial charge on any atom is 0.253 e. The summed E-state index contributed by atoms with van der Waals surface area (Å²) in [6.45, 7) is 5.69. The van der Waals surface area contributed by atoms with Crippen molar-refractivity contribution in [3.05, 3.63) is 35.6 Å². The zero-order valence-electron chi connectivity index (χ0n) is 14.5. The fourth-order valence-electron chi connectivity index (χ4n) is 2.64. The normalized spacial score (nSPS) is 15.6. The molecule has 0 saturated carbocycles. The minimum atomic E-state index is -0.232. The lowest BCUT2D eigenvalue weighted by atomic mass is 10.1. The van der Waals surface area contributed by atoms with Crippen LogP contribution >= 0.6 is 0 Å². The van der Waals surface area contributed by atoms with Crippen molar-refractivity contribution in [3.8, 4) is 0 Å². The van der Waals surface area contributed by atoms with Gasteiger partial charge < -0.3 is 19.8 Å². The van der Waals surface area contributed by atoms with Gasteiger partial charge in [0.2, 0.25) is 5.89 Å². The Hall–Kier alpha value is -2.48. The topological polar surface area (TPSA) is 104 Å². The van der Waals surface area contributed by atoms with Gasteiger partial charge in [-0.2, -0.15) is 4.98 Å². The molecule has 3 rings (SSSR count). The molecule has 0 radical (unpaired) electrons. The number of aliphatic hydroxyl groups excluding tert-OH is 1. The highest BCUT2D eigenvalue weighted by molar-refractivity contribution is 5.93. The van der Waals surface area contributed by atoms with Crippen molar-refractivity contribution in [2.75, 3.05) is 18.0 Å². The second-order valence-corrected chi connectivity index (χ2v) is 6.51. The van der Waals surface area contributed by atoms with Gasteiger partial charge in [0, 0.05) is 25.2 Å². The second-order valence-electron chi connectivity index (χ2n) is 6.51. The van der Waals surface area contributed by atoms with Crippen molar-refractivity contribution < 1.29 is 14.4 Å². The Labute approximate surface area is 146 Å². The highest BCUT2D eigenvalue weighted by atomic mass is 16.5. The molecule has 2 aromatic heterocycles. The maximum atomic E-state index is 12.2. The molecule has 1 fully saturated rings. The number of nitrogens with zero attached hydrogens (tertiary/aromatic N) is 4. The van der Waals surface area contributed by atoms with Crippen LogP contribution in [0.3, 0.4) is 0 Å². The SMILES string of the molecule is CC(C)c1nc(CNC(=O)c2ccc(N3CCC(O)CC3)nc2)no1. The van der Waals surface area contributed by atoms with Crippen LogP contribution in [0.4, 0.5) is 5.82 Å². The molecule has 1 amide bonds. The van der Waals surface area contributed by atoms with Crippen molar-refractivity contribution in [1.29, 1.82) is 0 Å².